The highest BCUT2D eigenvalue weighted by Gasteiger charge is 2.35. The Kier molecular flexibility index (Phi) is 35.0. The van der Waals surface area contributed by atoms with Crippen molar-refractivity contribution in [2.24, 2.45) is 11.5 Å². The summed E-state index contributed by atoms with van der Waals surface area (Å²) < 4.78 is 25.9. The SMILES string of the molecule is CCCCCCCC/C=C/CCCCCCCCOP(=O)(C[N+](C)(CN)CN)OCCCCCCCC/C=C/CCCCCCCC. The highest BCUT2D eigenvalue weighted by molar-refractivity contribution is 7.53. The van der Waals surface area contributed by atoms with Gasteiger partial charge in [-0.1, -0.05) is 154 Å². The third-order valence-electron chi connectivity index (χ3n) is 9.28. The van der Waals surface area contributed by atoms with Gasteiger partial charge in [0.2, 0.25) is 0 Å². The molecule has 0 unspecified atom stereocenters. The molecule has 0 radical (unpaired) electrons. The van der Waals surface area contributed by atoms with Crippen molar-refractivity contribution in [3.05, 3.63) is 24.3 Å². The van der Waals surface area contributed by atoms with E-state index in [0.29, 0.717) is 26.6 Å². The zero-order valence-electron chi connectivity index (χ0n) is 31.9. The Morgan fingerprint density at radius 1 is 0.468 bits per heavy atom. The maximum atomic E-state index is 13.7. The van der Waals surface area contributed by atoms with Gasteiger partial charge in [0.25, 0.3) is 0 Å². The predicted octanol–water partition coefficient (Wildman–Crippen LogP) is 12.5. The summed E-state index contributed by atoms with van der Waals surface area (Å²) in [7, 11) is -1.33. The molecule has 0 rings (SSSR count). The summed E-state index contributed by atoms with van der Waals surface area (Å²) in [6, 6.07) is 0. The summed E-state index contributed by atoms with van der Waals surface area (Å²) >= 11 is 0. The highest BCUT2D eigenvalue weighted by Crippen LogP contribution is 2.50. The van der Waals surface area contributed by atoms with Gasteiger partial charge >= 0.3 is 7.60 Å². The van der Waals surface area contributed by atoms with E-state index < -0.39 is 7.60 Å². The van der Waals surface area contributed by atoms with E-state index in [-0.39, 0.29) is 10.8 Å². The minimum atomic E-state index is -3.26. The van der Waals surface area contributed by atoms with Crippen LogP contribution < -0.4 is 11.5 Å². The van der Waals surface area contributed by atoms with Crippen molar-refractivity contribution in [1.29, 1.82) is 0 Å². The van der Waals surface area contributed by atoms with Gasteiger partial charge in [-0.15, -0.1) is 0 Å². The molecule has 7 heteroatoms. The molecular formula is C40H83N3O3P+. The van der Waals surface area contributed by atoms with Crippen LogP contribution in [0.15, 0.2) is 24.3 Å². The second kappa shape index (κ2) is 35.3. The van der Waals surface area contributed by atoms with E-state index in [1.54, 1.807) is 0 Å². The molecule has 280 valence electrons. The van der Waals surface area contributed by atoms with Gasteiger partial charge in [0, 0.05) is 0 Å². The number of hydrogen-bond donors (Lipinski definition) is 2. The van der Waals surface area contributed by atoms with E-state index in [2.05, 4.69) is 38.2 Å². The number of nitrogens with two attached hydrogens (primary N) is 2. The molecule has 0 aliphatic carbocycles. The Bertz CT molecular complexity index is 694. The number of quaternary nitrogens is 1. The summed E-state index contributed by atoms with van der Waals surface area (Å²) in [5.41, 5.74) is 11.9. The summed E-state index contributed by atoms with van der Waals surface area (Å²) in [5.74, 6) is 0. The van der Waals surface area contributed by atoms with Gasteiger partial charge in [-0.25, -0.2) is 0 Å². The first kappa shape index (κ1) is 46.5. The standard InChI is InChI=1S/C40H83N3O3P/c1-4-6-8-10-12-14-16-18-20-22-24-26-28-30-32-34-36-45-47(44,40-43(3,38-41)39-42)46-37-35-33-31-29-27-25-23-21-19-17-15-13-11-9-7-5-2/h18-21H,4-17,22-42H2,1-3H3/q+1/b20-18+,21-19+. The number of allylic oxidation sites excluding steroid dienone is 4. The molecule has 0 aromatic rings. The lowest BCUT2D eigenvalue weighted by atomic mass is 10.1. The van der Waals surface area contributed by atoms with Crippen molar-refractivity contribution in [3.63, 3.8) is 0 Å². The van der Waals surface area contributed by atoms with Gasteiger partial charge in [-0.3, -0.25) is 20.5 Å². The molecule has 0 aliphatic rings. The summed E-state index contributed by atoms with van der Waals surface area (Å²) in [5, 5.41) is 0. The molecular weight excluding hydrogens is 601 g/mol. The lowest BCUT2D eigenvalue weighted by Gasteiger charge is -2.33. The lowest BCUT2D eigenvalue weighted by Crippen LogP contribution is -2.52. The molecule has 0 aromatic carbocycles. The molecule has 4 N–H and O–H groups in total. The molecule has 6 nitrogen and oxygen atoms in total. The van der Waals surface area contributed by atoms with Crippen molar-refractivity contribution in [2.75, 3.05) is 39.9 Å². The Labute approximate surface area is 294 Å². The van der Waals surface area contributed by atoms with Crippen LogP contribution in [0.4, 0.5) is 0 Å². The second-order valence-corrected chi connectivity index (χ2v) is 16.3. The van der Waals surface area contributed by atoms with Crippen molar-refractivity contribution in [2.45, 2.75) is 194 Å². The maximum absolute atomic E-state index is 13.7. The fraction of sp³-hybridized carbons (Fsp3) is 0.900. The van der Waals surface area contributed by atoms with E-state index in [9.17, 15) is 4.57 Å². The first-order valence-corrected chi connectivity index (χ1v) is 22.1. The average molecular weight is 685 g/mol. The van der Waals surface area contributed by atoms with E-state index in [0.717, 1.165) is 25.7 Å². The molecule has 0 aromatic heterocycles. The molecule has 47 heavy (non-hydrogen) atoms. The minimum absolute atomic E-state index is 0.235. The van der Waals surface area contributed by atoms with E-state index in [1.165, 1.54) is 154 Å². The third-order valence-corrected chi connectivity index (χ3v) is 11.5. The monoisotopic (exact) mass is 685 g/mol. The fourth-order valence-corrected chi connectivity index (χ4v) is 7.95. The normalized spacial score (nSPS) is 12.7. The fourth-order valence-electron chi connectivity index (χ4n) is 5.83. The van der Waals surface area contributed by atoms with Gasteiger partial charge in [0.05, 0.1) is 20.3 Å². The Morgan fingerprint density at radius 2 is 0.745 bits per heavy atom. The zero-order chi connectivity index (χ0) is 34.6. The molecule has 0 aliphatic heterocycles. The van der Waals surface area contributed by atoms with Crippen LogP contribution in [0, 0.1) is 0 Å². The molecule has 0 saturated carbocycles. The van der Waals surface area contributed by atoms with Crippen LogP contribution in [0.25, 0.3) is 0 Å². The van der Waals surface area contributed by atoms with Gasteiger partial charge in [-0.05, 0) is 64.2 Å². The molecule has 0 fully saturated rings. The molecule has 0 bridgehead atoms. The van der Waals surface area contributed by atoms with Gasteiger partial charge in [0.15, 0.2) is 6.29 Å². The van der Waals surface area contributed by atoms with Crippen LogP contribution in [0.5, 0.6) is 0 Å². The van der Waals surface area contributed by atoms with Gasteiger partial charge in [-0.2, -0.15) is 0 Å². The first-order chi connectivity index (χ1) is 22.9. The number of rotatable bonds is 38. The van der Waals surface area contributed by atoms with Crippen molar-refractivity contribution >= 4 is 7.60 Å². The summed E-state index contributed by atoms with van der Waals surface area (Å²) in [4.78, 5) is 0. The highest BCUT2D eigenvalue weighted by atomic mass is 31.2. The van der Waals surface area contributed by atoms with Crippen LogP contribution in [0.2, 0.25) is 0 Å². The maximum Gasteiger partial charge on any atom is 0.384 e. The topological polar surface area (TPSA) is 87.6 Å². The van der Waals surface area contributed by atoms with Gasteiger partial charge in [0.1, 0.15) is 13.3 Å². The summed E-state index contributed by atoms with van der Waals surface area (Å²) in [6.45, 7) is 6.13. The molecule has 0 saturated heterocycles. The molecule has 0 spiro atoms. The van der Waals surface area contributed by atoms with E-state index >= 15 is 0 Å². The Morgan fingerprint density at radius 3 is 1.04 bits per heavy atom. The third kappa shape index (κ3) is 32.5. The van der Waals surface area contributed by atoms with Gasteiger partial charge < -0.3 is 9.05 Å². The van der Waals surface area contributed by atoms with Crippen molar-refractivity contribution in [3.8, 4) is 0 Å². The predicted molar refractivity (Wildman–Crippen MR) is 208 cm³/mol. The van der Waals surface area contributed by atoms with Crippen LogP contribution in [0.1, 0.15) is 194 Å². The van der Waals surface area contributed by atoms with E-state index in [1.807, 2.05) is 7.05 Å². The molecule has 0 heterocycles. The number of hydrogen-bond acceptors (Lipinski definition) is 5. The minimum Gasteiger partial charge on any atom is -0.305 e. The van der Waals surface area contributed by atoms with Crippen LogP contribution >= 0.6 is 7.60 Å². The Balaban J connectivity index is 3.98. The number of nitrogens with zero attached hydrogens (tertiary/aromatic N) is 1. The first-order valence-electron chi connectivity index (χ1n) is 20.4. The second-order valence-electron chi connectivity index (χ2n) is 14.3. The van der Waals surface area contributed by atoms with Crippen LogP contribution in [0.3, 0.4) is 0 Å². The van der Waals surface area contributed by atoms with Crippen LogP contribution in [-0.2, 0) is 13.6 Å². The molecule has 0 amide bonds. The Hall–Kier alpha value is -0.490. The lowest BCUT2D eigenvalue weighted by molar-refractivity contribution is -0.898. The molecule has 0 atom stereocenters. The summed E-state index contributed by atoms with van der Waals surface area (Å²) in [6.07, 6.45) is 45.2. The average Bonchev–Trinajstić information content (AvgIpc) is 3.07. The smallest absolute Gasteiger partial charge is 0.305 e. The number of unbranched alkanes of at least 4 members (excludes halogenated alkanes) is 24. The van der Waals surface area contributed by atoms with E-state index in [4.69, 9.17) is 20.5 Å². The van der Waals surface area contributed by atoms with Crippen molar-refractivity contribution < 1.29 is 18.1 Å². The van der Waals surface area contributed by atoms with Crippen LogP contribution in [-0.4, -0.2) is 44.4 Å². The quantitative estimate of drug-likeness (QED) is 0.0222. The van der Waals surface area contributed by atoms with Crippen molar-refractivity contribution in [1.82, 2.24) is 0 Å². The zero-order valence-corrected chi connectivity index (χ0v) is 32.8. The largest absolute Gasteiger partial charge is 0.384 e.